The number of hydrogen-bond acceptors (Lipinski definition) is 3. The second kappa shape index (κ2) is 9.45. The van der Waals surface area contributed by atoms with E-state index in [-0.39, 0.29) is 17.2 Å². The fraction of sp³-hybridized carbons (Fsp3) is 0.240. The van der Waals surface area contributed by atoms with E-state index in [1.807, 2.05) is 43.3 Å². The third-order valence-corrected chi connectivity index (χ3v) is 7.91. The monoisotopic (exact) mass is 468 g/mol. The van der Waals surface area contributed by atoms with Crippen LogP contribution in [0, 0.1) is 6.92 Å². The summed E-state index contributed by atoms with van der Waals surface area (Å²) in [7, 11) is -3.75. The summed E-state index contributed by atoms with van der Waals surface area (Å²) in [4.78, 5) is 13.1. The molecule has 7 heteroatoms. The minimum atomic E-state index is -3.75. The molecule has 1 atom stereocenters. The van der Waals surface area contributed by atoms with Crippen LogP contribution in [0.4, 0.5) is 0 Å². The van der Waals surface area contributed by atoms with Crippen molar-refractivity contribution in [2.75, 3.05) is 6.54 Å². The second-order valence-electron chi connectivity index (χ2n) is 8.00. The van der Waals surface area contributed by atoms with Crippen molar-refractivity contribution in [1.82, 2.24) is 9.62 Å². The first kappa shape index (κ1) is 22.5. The van der Waals surface area contributed by atoms with Gasteiger partial charge in [0.25, 0.3) is 0 Å². The van der Waals surface area contributed by atoms with Crippen LogP contribution in [-0.4, -0.2) is 25.2 Å². The topological polar surface area (TPSA) is 66.5 Å². The molecule has 1 amide bonds. The molecule has 0 aliphatic carbocycles. The molecule has 4 rings (SSSR count). The van der Waals surface area contributed by atoms with E-state index in [0.29, 0.717) is 24.5 Å². The molecule has 0 radical (unpaired) electrons. The molecule has 5 nitrogen and oxygen atoms in total. The van der Waals surface area contributed by atoms with Crippen LogP contribution in [0.5, 0.6) is 0 Å². The van der Waals surface area contributed by atoms with Crippen LogP contribution in [0.15, 0.2) is 77.7 Å². The van der Waals surface area contributed by atoms with Gasteiger partial charge in [-0.05, 0) is 54.3 Å². The van der Waals surface area contributed by atoms with Crippen molar-refractivity contribution in [1.29, 1.82) is 0 Å². The smallest absolute Gasteiger partial charge is 0.243 e. The predicted octanol–water partition coefficient (Wildman–Crippen LogP) is 4.64. The Morgan fingerprint density at radius 2 is 1.81 bits per heavy atom. The van der Waals surface area contributed by atoms with Gasteiger partial charge >= 0.3 is 0 Å². The average molecular weight is 469 g/mol. The molecule has 166 valence electrons. The number of carbonyl (C=O) groups excluding carboxylic acids is 1. The number of amides is 1. The van der Waals surface area contributed by atoms with Crippen molar-refractivity contribution in [2.24, 2.45) is 0 Å². The van der Waals surface area contributed by atoms with Crippen LogP contribution in [-0.2, 0) is 27.8 Å². The normalized spacial score (nSPS) is 16.4. The van der Waals surface area contributed by atoms with Crippen molar-refractivity contribution >= 4 is 27.5 Å². The molecule has 1 heterocycles. The van der Waals surface area contributed by atoms with Crippen molar-refractivity contribution in [3.8, 4) is 0 Å². The lowest BCUT2D eigenvalue weighted by atomic mass is 9.92. The largest absolute Gasteiger partial charge is 0.352 e. The van der Waals surface area contributed by atoms with Gasteiger partial charge in [0.15, 0.2) is 0 Å². The van der Waals surface area contributed by atoms with Crippen LogP contribution in [0.1, 0.15) is 34.7 Å². The van der Waals surface area contributed by atoms with Gasteiger partial charge in [-0.25, -0.2) is 8.42 Å². The van der Waals surface area contributed by atoms with Gasteiger partial charge in [0, 0.05) is 24.5 Å². The Kier molecular flexibility index (Phi) is 6.65. The molecule has 0 aromatic heterocycles. The Hall–Kier alpha value is -2.67. The first-order chi connectivity index (χ1) is 15.3. The summed E-state index contributed by atoms with van der Waals surface area (Å²) >= 11 is 6.02. The van der Waals surface area contributed by atoms with E-state index < -0.39 is 16.1 Å². The molecule has 3 aromatic rings. The van der Waals surface area contributed by atoms with E-state index in [9.17, 15) is 13.2 Å². The van der Waals surface area contributed by atoms with E-state index in [4.69, 9.17) is 11.6 Å². The fourth-order valence-electron chi connectivity index (χ4n) is 4.07. The van der Waals surface area contributed by atoms with E-state index in [1.54, 1.807) is 36.4 Å². The van der Waals surface area contributed by atoms with Crippen molar-refractivity contribution in [3.05, 3.63) is 100 Å². The second-order valence-corrected chi connectivity index (χ2v) is 10.3. The van der Waals surface area contributed by atoms with Gasteiger partial charge in [-0.1, -0.05) is 65.7 Å². The number of halogens is 1. The van der Waals surface area contributed by atoms with Crippen LogP contribution in [0.2, 0.25) is 5.02 Å². The average Bonchev–Trinajstić information content (AvgIpc) is 2.78. The summed E-state index contributed by atoms with van der Waals surface area (Å²) in [5, 5.41) is 3.51. The number of nitrogens with zero attached hydrogens (tertiary/aromatic N) is 1. The highest BCUT2D eigenvalue weighted by molar-refractivity contribution is 7.89. The summed E-state index contributed by atoms with van der Waals surface area (Å²) in [6.07, 6.45) is 0.657. The number of sulfonamides is 1. The lowest BCUT2D eigenvalue weighted by molar-refractivity contribution is -0.122. The Balaban J connectivity index is 1.59. The summed E-state index contributed by atoms with van der Waals surface area (Å²) in [5.74, 6) is -0.212. The fourth-order valence-corrected chi connectivity index (χ4v) is 5.89. The summed E-state index contributed by atoms with van der Waals surface area (Å²) < 4.78 is 28.5. The molecule has 0 fully saturated rings. The van der Waals surface area contributed by atoms with Gasteiger partial charge < -0.3 is 5.32 Å². The molecule has 3 aromatic carbocycles. The maximum atomic E-state index is 13.5. The molecule has 0 unspecified atom stereocenters. The SMILES string of the molecule is Cc1ccc(S(=O)(=O)N2CCc3ccccc3[C@@H]2CC(=O)NCc2cccc(Cl)c2)cc1. The predicted molar refractivity (Wildman–Crippen MR) is 126 cm³/mol. The number of carbonyl (C=O) groups is 1. The molecule has 0 spiro atoms. The molecular formula is C25H25ClN2O3S. The van der Waals surface area contributed by atoms with Gasteiger partial charge in [0.1, 0.15) is 0 Å². The van der Waals surface area contributed by atoms with Gasteiger partial charge in [-0.15, -0.1) is 0 Å². The highest BCUT2D eigenvalue weighted by Gasteiger charge is 2.37. The number of hydrogen-bond donors (Lipinski definition) is 1. The number of nitrogens with one attached hydrogen (secondary N) is 1. The zero-order valence-corrected chi connectivity index (χ0v) is 19.4. The first-order valence-corrected chi connectivity index (χ1v) is 12.3. The highest BCUT2D eigenvalue weighted by atomic mass is 35.5. The number of rotatable bonds is 6. The Morgan fingerprint density at radius 1 is 1.06 bits per heavy atom. The van der Waals surface area contributed by atoms with Gasteiger partial charge in [0.05, 0.1) is 10.9 Å². The van der Waals surface area contributed by atoms with E-state index in [1.165, 1.54) is 4.31 Å². The Bertz CT molecular complexity index is 1230. The standard InChI is InChI=1S/C25H25ClN2O3S/c1-18-9-11-22(12-10-18)32(30,31)28-14-13-20-6-2-3-8-23(20)24(28)16-25(29)27-17-19-5-4-7-21(26)15-19/h2-12,15,24H,13-14,16-17H2,1H3,(H,27,29)/t24-/m0/s1. The summed E-state index contributed by atoms with van der Waals surface area (Å²) in [5.41, 5.74) is 3.84. The third-order valence-electron chi connectivity index (χ3n) is 5.75. The number of aryl methyl sites for hydroxylation is 1. The molecule has 32 heavy (non-hydrogen) atoms. The molecular weight excluding hydrogens is 444 g/mol. The van der Waals surface area contributed by atoms with E-state index >= 15 is 0 Å². The van der Waals surface area contributed by atoms with E-state index in [0.717, 1.165) is 22.3 Å². The lowest BCUT2D eigenvalue weighted by Crippen LogP contribution is -2.42. The maximum Gasteiger partial charge on any atom is 0.243 e. The van der Waals surface area contributed by atoms with Gasteiger partial charge in [0.2, 0.25) is 15.9 Å². The molecule has 1 aliphatic rings. The van der Waals surface area contributed by atoms with Crippen molar-refractivity contribution in [3.63, 3.8) is 0 Å². The molecule has 0 saturated carbocycles. The molecule has 1 N–H and O–H groups in total. The maximum absolute atomic E-state index is 13.5. The number of fused-ring (bicyclic) bond motifs is 1. The summed E-state index contributed by atoms with van der Waals surface area (Å²) in [6, 6.07) is 21.3. The van der Waals surface area contributed by atoms with Crippen LogP contribution < -0.4 is 5.32 Å². The molecule has 1 aliphatic heterocycles. The number of benzene rings is 3. The molecule has 0 saturated heterocycles. The summed E-state index contributed by atoms with van der Waals surface area (Å²) in [6.45, 7) is 2.58. The minimum absolute atomic E-state index is 0.0443. The lowest BCUT2D eigenvalue weighted by Gasteiger charge is -2.36. The zero-order chi connectivity index (χ0) is 22.7. The first-order valence-electron chi connectivity index (χ1n) is 10.5. The van der Waals surface area contributed by atoms with Crippen LogP contribution >= 0.6 is 11.6 Å². The highest BCUT2D eigenvalue weighted by Crippen LogP contribution is 2.36. The van der Waals surface area contributed by atoms with Crippen LogP contribution in [0.3, 0.4) is 0 Å². The Morgan fingerprint density at radius 3 is 2.56 bits per heavy atom. The van der Waals surface area contributed by atoms with Crippen molar-refractivity contribution < 1.29 is 13.2 Å². The van der Waals surface area contributed by atoms with Gasteiger partial charge in [-0.3, -0.25) is 4.79 Å². The Labute approximate surface area is 194 Å². The van der Waals surface area contributed by atoms with Gasteiger partial charge in [-0.2, -0.15) is 4.31 Å². The zero-order valence-electron chi connectivity index (χ0n) is 17.8. The quantitative estimate of drug-likeness (QED) is 0.573. The third kappa shape index (κ3) is 4.88. The van der Waals surface area contributed by atoms with Crippen molar-refractivity contribution in [2.45, 2.75) is 37.2 Å². The van der Waals surface area contributed by atoms with Crippen LogP contribution in [0.25, 0.3) is 0 Å². The van der Waals surface area contributed by atoms with E-state index in [2.05, 4.69) is 5.32 Å². The molecule has 0 bridgehead atoms. The minimum Gasteiger partial charge on any atom is -0.352 e.